The number of halogens is 1. The van der Waals surface area contributed by atoms with Crippen LogP contribution in [0.1, 0.15) is 0 Å². The summed E-state index contributed by atoms with van der Waals surface area (Å²) in [5.41, 5.74) is 0.641. The highest BCUT2D eigenvalue weighted by molar-refractivity contribution is 9.10. The van der Waals surface area contributed by atoms with E-state index in [1.165, 1.54) is 0 Å². The van der Waals surface area contributed by atoms with Crippen LogP contribution >= 0.6 is 15.9 Å². The minimum atomic E-state index is -0.227. The summed E-state index contributed by atoms with van der Waals surface area (Å²) in [5.74, 6) is 1.26. The van der Waals surface area contributed by atoms with Crippen LogP contribution in [-0.4, -0.2) is 31.6 Å². The lowest BCUT2D eigenvalue weighted by atomic mass is 10.1. The van der Waals surface area contributed by atoms with Gasteiger partial charge in [0.05, 0.1) is 11.9 Å². The zero-order valence-corrected chi connectivity index (χ0v) is 15.6. The standard InChI is InChI=1S/C19H18BrN3O2/c1-23(2)18-8-6-16(11-21-18)22-19(24)12-25-17-7-4-13-9-15(20)5-3-14(13)10-17/h3-11H,12H2,1-2H3,(H,22,24). The maximum atomic E-state index is 12.0. The third kappa shape index (κ3) is 4.48. The van der Waals surface area contributed by atoms with E-state index in [1.54, 1.807) is 6.20 Å². The summed E-state index contributed by atoms with van der Waals surface area (Å²) >= 11 is 3.45. The van der Waals surface area contributed by atoms with Gasteiger partial charge in [0, 0.05) is 18.6 Å². The smallest absolute Gasteiger partial charge is 0.262 e. The molecule has 25 heavy (non-hydrogen) atoms. The summed E-state index contributed by atoms with van der Waals surface area (Å²) in [6.45, 7) is -0.0581. The van der Waals surface area contributed by atoms with E-state index in [0.29, 0.717) is 11.4 Å². The first-order chi connectivity index (χ1) is 12.0. The van der Waals surface area contributed by atoms with Crippen LogP contribution in [0, 0.1) is 0 Å². The van der Waals surface area contributed by atoms with Crippen molar-refractivity contribution in [1.29, 1.82) is 0 Å². The summed E-state index contributed by atoms with van der Waals surface area (Å²) in [6, 6.07) is 15.4. The van der Waals surface area contributed by atoms with Crippen LogP contribution in [0.4, 0.5) is 11.5 Å². The van der Waals surface area contributed by atoms with Gasteiger partial charge in [-0.25, -0.2) is 4.98 Å². The number of pyridine rings is 1. The molecule has 3 aromatic rings. The molecular weight excluding hydrogens is 382 g/mol. The van der Waals surface area contributed by atoms with E-state index in [9.17, 15) is 4.79 Å². The second kappa shape index (κ2) is 7.53. The Balaban J connectivity index is 1.59. The van der Waals surface area contributed by atoms with Crippen molar-refractivity contribution in [3.8, 4) is 5.75 Å². The number of hydrogen-bond donors (Lipinski definition) is 1. The number of benzene rings is 2. The average Bonchev–Trinajstić information content (AvgIpc) is 2.60. The highest BCUT2D eigenvalue weighted by atomic mass is 79.9. The van der Waals surface area contributed by atoms with E-state index >= 15 is 0 Å². The second-order valence-corrected chi connectivity index (χ2v) is 6.71. The number of carbonyl (C=O) groups is 1. The highest BCUT2D eigenvalue weighted by Gasteiger charge is 2.06. The minimum Gasteiger partial charge on any atom is -0.484 e. The van der Waals surface area contributed by atoms with E-state index in [0.717, 1.165) is 21.1 Å². The molecule has 0 aliphatic carbocycles. The van der Waals surface area contributed by atoms with Crippen molar-refractivity contribution in [2.75, 3.05) is 30.9 Å². The van der Waals surface area contributed by atoms with Crippen molar-refractivity contribution in [3.63, 3.8) is 0 Å². The lowest BCUT2D eigenvalue weighted by molar-refractivity contribution is -0.118. The maximum Gasteiger partial charge on any atom is 0.262 e. The fourth-order valence-corrected chi connectivity index (χ4v) is 2.73. The molecule has 0 aliphatic heterocycles. The van der Waals surface area contributed by atoms with Crippen LogP contribution in [0.25, 0.3) is 10.8 Å². The predicted molar refractivity (Wildman–Crippen MR) is 104 cm³/mol. The van der Waals surface area contributed by atoms with Crippen molar-refractivity contribution in [3.05, 3.63) is 59.2 Å². The lowest BCUT2D eigenvalue weighted by Gasteiger charge is -2.12. The van der Waals surface area contributed by atoms with Crippen LogP contribution < -0.4 is 15.0 Å². The molecule has 0 saturated heterocycles. The molecule has 0 spiro atoms. The molecule has 5 nitrogen and oxygen atoms in total. The average molecular weight is 400 g/mol. The highest BCUT2D eigenvalue weighted by Crippen LogP contribution is 2.24. The number of ether oxygens (including phenoxy) is 1. The Hall–Kier alpha value is -2.60. The van der Waals surface area contributed by atoms with Crippen molar-refractivity contribution >= 4 is 44.1 Å². The van der Waals surface area contributed by atoms with Gasteiger partial charge in [0.1, 0.15) is 11.6 Å². The predicted octanol–water partition coefficient (Wildman–Crippen LogP) is 4.08. The molecule has 0 unspecified atom stereocenters. The van der Waals surface area contributed by atoms with Crippen molar-refractivity contribution < 1.29 is 9.53 Å². The van der Waals surface area contributed by atoms with Gasteiger partial charge in [-0.2, -0.15) is 0 Å². The first kappa shape index (κ1) is 17.2. The fraction of sp³-hybridized carbons (Fsp3) is 0.158. The van der Waals surface area contributed by atoms with Crippen LogP contribution in [0.3, 0.4) is 0 Å². The van der Waals surface area contributed by atoms with E-state index in [-0.39, 0.29) is 12.5 Å². The largest absolute Gasteiger partial charge is 0.484 e. The molecular formula is C19H18BrN3O2. The molecule has 2 aromatic carbocycles. The third-order valence-electron chi connectivity index (χ3n) is 3.63. The third-order valence-corrected chi connectivity index (χ3v) is 4.13. The molecule has 0 aliphatic rings. The topological polar surface area (TPSA) is 54.5 Å². The molecule has 1 N–H and O–H groups in total. The molecule has 1 aromatic heterocycles. The van der Waals surface area contributed by atoms with Gasteiger partial charge in [-0.15, -0.1) is 0 Å². The molecule has 3 rings (SSSR count). The molecule has 128 valence electrons. The zero-order chi connectivity index (χ0) is 17.8. The first-order valence-corrected chi connectivity index (χ1v) is 8.56. The van der Waals surface area contributed by atoms with E-state index in [4.69, 9.17) is 4.74 Å². The number of carbonyl (C=O) groups excluding carboxylic acids is 1. The number of nitrogens with one attached hydrogen (secondary N) is 1. The molecule has 0 radical (unpaired) electrons. The first-order valence-electron chi connectivity index (χ1n) is 7.76. The van der Waals surface area contributed by atoms with Crippen molar-refractivity contribution in [2.24, 2.45) is 0 Å². The van der Waals surface area contributed by atoms with Crippen molar-refractivity contribution in [1.82, 2.24) is 4.98 Å². The van der Waals surface area contributed by atoms with Gasteiger partial charge in [-0.1, -0.05) is 28.1 Å². The number of nitrogens with zero attached hydrogens (tertiary/aromatic N) is 2. The molecule has 1 heterocycles. The molecule has 0 atom stereocenters. The minimum absolute atomic E-state index is 0.0581. The quantitative estimate of drug-likeness (QED) is 0.701. The molecule has 0 bridgehead atoms. The Morgan fingerprint density at radius 3 is 2.60 bits per heavy atom. The molecule has 6 heteroatoms. The number of rotatable bonds is 5. The van der Waals surface area contributed by atoms with Crippen LogP contribution in [0.5, 0.6) is 5.75 Å². The van der Waals surface area contributed by atoms with E-state index in [1.807, 2.05) is 67.5 Å². The SMILES string of the molecule is CN(C)c1ccc(NC(=O)COc2ccc3cc(Br)ccc3c2)cn1. The number of hydrogen-bond acceptors (Lipinski definition) is 4. The monoisotopic (exact) mass is 399 g/mol. The number of amides is 1. The number of anilines is 2. The second-order valence-electron chi connectivity index (χ2n) is 5.79. The van der Waals surface area contributed by atoms with Crippen LogP contribution in [0.15, 0.2) is 59.2 Å². The normalized spacial score (nSPS) is 10.5. The van der Waals surface area contributed by atoms with Crippen LogP contribution in [0.2, 0.25) is 0 Å². The summed E-state index contributed by atoms with van der Waals surface area (Å²) in [7, 11) is 3.83. The van der Waals surface area contributed by atoms with Crippen molar-refractivity contribution in [2.45, 2.75) is 0 Å². The number of aromatic nitrogens is 1. The van der Waals surface area contributed by atoms with Crippen LogP contribution in [-0.2, 0) is 4.79 Å². The Morgan fingerprint density at radius 2 is 1.88 bits per heavy atom. The van der Waals surface area contributed by atoms with Gasteiger partial charge in [-0.3, -0.25) is 4.79 Å². The number of fused-ring (bicyclic) bond motifs is 1. The maximum absolute atomic E-state index is 12.0. The lowest BCUT2D eigenvalue weighted by Crippen LogP contribution is -2.20. The Morgan fingerprint density at radius 1 is 1.12 bits per heavy atom. The molecule has 1 amide bonds. The summed E-state index contributed by atoms with van der Waals surface area (Å²) in [6.07, 6.45) is 1.63. The fourth-order valence-electron chi connectivity index (χ4n) is 2.35. The summed E-state index contributed by atoms with van der Waals surface area (Å²) in [5, 5.41) is 4.94. The van der Waals surface area contributed by atoms with Gasteiger partial charge in [0.25, 0.3) is 5.91 Å². The molecule has 0 fully saturated rings. The van der Waals surface area contributed by atoms with Gasteiger partial charge >= 0.3 is 0 Å². The molecule has 0 saturated carbocycles. The van der Waals surface area contributed by atoms with E-state index in [2.05, 4.69) is 26.2 Å². The summed E-state index contributed by atoms with van der Waals surface area (Å²) in [4.78, 5) is 18.2. The van der Waals surface area contributed by atoms with Gasteiger partial charge in [0.2, 0.25) is 0 Å². The van der Waals surface area contributed by atoms with E-state index < -0.39 is 0 Å². The summed E-state index contributed by atoms with van der Waals surface area (Å²) < 4.78 is 6.62. The van der Waals surface area contributed by atoms with Gasteiger partial charge < -0.3 is 15.0 Å². The van der Waals surface area contributed by atoms with Gasteiger partial charge in [0.15, 0.2) is 6.61 Å². The van der Waals surface area contributed by atoms with Gasteiger partial charge in [-0.05, 0) is 47.2 Å². The Bertz CT molecular complexity index is 895. The zero-order valence-electron chi connectivity index (χ0n) is 14.0. The Kier molecular flexibility index (Phi) is 5.19. The Labute approximate surface area is 154 Å².